The fraction of sp³-hybridized carbons (Fsp3) is 0.300. The second-order valence-corrected chi connectivity index (χ2v) is 7.04. The quantitative estimate of drug-likeness (QED) is 0.0921. The molecule has 1 N–H and O–H groups in total. The first kappa shape index (κ1) is 27.8. The highest BCUT2D eigenvalue weighted by molar-refractivity contribution is 5.97. The van der Waals surface area contributed by atoms with Gasteiger partial charge in [0.05, 0.1) is 12.0 Å². The van der Waals surface area contributed by atoms with Crippen molar-refractivity contribution < 1.29 is 45.9 Å². The summed E-state index contributed by atoms with van der Waals surface area (Å²) in [4.78, 5) is 37.5. The van der Waals surface area contributed by atoms with E-state index < -0.39 is 58.5 Å². The fourth-order valence-corrected chi connectivity index (χ4v) is 2.74. The SMILES string of the molecule is COC(=O)[C@H](Cc1ccc(N=[N+]=[N-])cc1)NC(=O)c1ccc([N+](=O)[O-])c(OCC(F)(F)C(F)(F)F)c1. The van der Waals surface area contributed by atoms with Gasteiger partial charge in [0.2, 0.25) is 0 Å². The molecule has 11 nitrogen and oxygen atoms in total. The standard InChI is InChI=1S/C20H16F5N5O6/c1-35-18(32)14(8-11-2-5-13(6-3-11)28-29-26)27-17(31)12-4-7-15(30(33)34)16(9-12)36-10-19(21,22)20(23,24)25/h2-7,9,14H,8,10H2,1H3,(H,27,31)/t14-/m0/s1. The Kier molecular flexibility index (Phi) is 8.73. The number of azide groups is 1. The third-order valence-electron chi connectivity index (χ3n) is 4.57. The predicted molar refractivity (Wildman–Crippen MR) is 112 cm³/mol. The van der Waals surface area contributed by atoms with Crippen LogP contribution >= 0.6 is 0 Å². The van der Waals surface area contributed by atoms with Crippen LogP contribution in [0.15, 0.2) is 47.6 Å². The van der Waals surface area contributed by atoms with Gasteiger partial charge in [0.15, 0.2) is 12.4 Å². The smallest absolute Gasteiger partial charge is 0.456 e. The first-order valence-corrected chi connectivity index (χ1v) is 9.67. The van der Waals surface area contributed by atoms with Gasteiger partial charge in [-0.15, -0.1) is 0 Å². The molecule has 2 rings (SSSR count). The third-order valence-corrected chi connectivity index (χ3v) is 4.57. The molecular weight excluding hydrogens is 501 g/mol. The lowest BCUT2D eigenvalue weighted by molar-refractivity contribution is -0.386. The summed E-state index contributed by atoms with van der Waals surface area (Å²) in [5, 5.41) is 16.8. The van der Waals surface area contributed by atoms with Gasteiger partial charge in [0.1, 0.15) is 6.04 Å². The molecule has 1 atom stereocenters. The Hall–Kier alpha value is -4.46. The van der Waals surface area contributed by atoms with Crippen molar-refractivity contribution in [3.63, 3.8) is 0 Å². The zero-order valence-corrected chi connectivity index (χ0v) is 18.2. The third kappa shape index (κ3) is 7.02. The van der Waals surface area contributed by atoms with Crippen LogP contribution in [-0.4, -0.2) is 48.7 Å². The molecule has 36 heavy (non-hydrogen) atoms. The van der Waals surface area contributed by atoms with Crippen LogP contribution in [0.1, 0.15) is 15.9 Å². The van der Waals surface area contributed by atoms with Gasteiger partial charge in [-0.1, -0.05) is 29.4 Å². The van der Waals surface area contributed by atoms with Gasteiger partial charge in [0, 0.05) is 34.7 Å². The van der Waals surface area contributed by atoms with Crippen LogP contribution in [0.5, 0.6) is 5.75 Å². The molecule has 0 heterocycles. The van der Waals surface area contributed by atoms with Gasteiger partial charge in [-0.2, -0.15) is 22.0 Å². The van der Waals surface area contributed by atoms with E-state index in [9.17, 15) is 41.7 Å². The zero-order chi connectivity index (χ0) is 27.1. The summed E-state index contributed by atoms with van der Waals surface area (Å²) in [6.07, 6.45) is -6.08. The van der Waals surface area contributed by atoms with E-state index >= 15 is 0 Å². The van der Waals surface area contributed by atoms with Crippen molar-refractivity contribution in [2.45, 2.75) is 24.6 Å². The molecule has 0 radical (unpaired) electrons. The minimum atomic E-state index is -5.97. The van der Waals surface area contributed by atoms with Gasteiger partial charge < -0.3 is 14.8 Å². The molecule has 0 fully saturated rings. The molecule has 0 spiro atoms. The van der Waals surface area contributed by atoms with Gasteiger partial charge in [-0.25, -0.2) is 4.79 Å². The normalized spacial score (nSPS) is 12.2. The number of carbonyl (C=O) groups is 2. The van der Waals surface area contributed by atoms with Crippen molar-refractivity contribution in [2.75, 3.05) is 13.7 Å². The number of nitrogens with one attached hydrogen (secondary N) is 1. The summed E-state index contributed by atoms with van der Waals surface area (Å²) in [5.74, 6) is -8.24. The van der Waals surface area contributed by atoms with Gasteiger partial charge >= 0.3 is 23.8 Å². The Labute approximate surface area is 198 Å². The minimum absolute atomic E-state index is 0.108. The lowest BCUT2D eigenvalue weighted by atomic mass is 10.0. The molecule has 0 aliphatic rings. The van der Waals surface area contributed by atoms with Crippen molar-refractivity contribution in [2.24, 2.45) is 5.11 Å². The zero-order valence-electron chi connectivity index (χ0n) is 18.2. The minimum Gasteiger partial charge on any atom is -0.480 e. The summed E-state index contributed by atoms with van der Waals surface area (Å²) < 4.78 is 72.6. The van der Waals surface area contributed by atoms with E-state index in [2.05, 4.69) is 24.8 Å². The number of halogens is 5. The number of amides is 1. The molecule has 1 amide bonds. The molecule has 2 aromatic rings. The second-order valence-electron chi connectivity index (χ2n) is 7.04. The summed E-state index contributed by atoms with van der Waals surface area (Å²) >= 11 is 0. The first-order valence-electron chi connectivity index (χ1n) is 9.67. The van der Waals surface area contributed by atoms with Crippen molar-refractivity contribution in [1.29, 1.82) is 0 Å². The number of nitrogens with zero attached hydrogens (tertiary/aromatic N) is 4. The fourth-order valence-electron chi connectivity index (χ4n) is 2.74. The molecule has 0 aliphatic carbocycles. The Balaban J connectivity index is 2.27. The molecule has 2 aromatic carbocycles. The number of benzene rings is 2. The highest BCUT2D eigenvalue weighted by atomic mass is 19.4. The average Bonchev–Trinajstić information content (AvgIpc) is 2.82. The lowest BCUT2D eigenvalue weighted by Gasteiger charge is -2.20. The Morgan fingerprint density at radius 1 is 1.17 bits per heavy atom. The van der Waals surface area contributed by atoms with Crippen LogP contribution in [0, 0.1) is 10.1 Å². The number of nitro benzene ring substituents is 1. The monoisotopic (exact) mass is 517 g/mol. The maximum Gasteiger partial charge on any atom is 0.456 e. The first-order chi connectivity index (χ1) is 16.8. The Morgan fingerprint density at radius 2 is 1.81 bits per heavy atom. The largest absolute Gasteiger partial charge is 0.480 e. The number of esters is 1. The number of methoxy groups -OCH3 is 1. The van der Waals surface area contributed by atoms with E-state index in [1.165, 1.54) is 24.3 Å². The molecule has 192 valence electrons. The molecule has 0 aliphatic heterocycles. The summed E-state index contributed by atoms with van der Waals surface area (Å²) in [6.45, 7) is -2.26. The maximum absolute atomic E-state index is 13.2. The van der Waals surface area contributed by atoms with E-state index in [1.54, 1.807) is 0 Å². The highest BCUT2D eigenvalue weighted by Gasteiger charge is 2.58. The molecule has 0 saturated carbocycles. The molecule has 0 saturated heterocycles. The summed E-state index contributed by atoms with van der Waals surface area (Å²) in [6, 6.07) is 6.78. The second kappa shape index (κ2) is 11.3. The molecule has 16 heteroatoms. The van der Waals surface area contributed by atoms with Crippen LogP contribution in [0.2, 0.25) is 0 Å². The number of carbonyl (C=O) groups excluding carboxylic acids is 2. The van der Waals surface area contributed by atoms with Crippen LogP contribution in [0.4, 0.5) is 33.3 Å². The van der Waals surface area contributed by atoms with Gasteiger partial charge in [-0.05, 0) is 17.2 Å². The average molecular weight is 517 g/mol. The van der Waals surface area contributed by atoms with Crippen molar-refractivity contribution >= 4 is 23.3 Å². The molecule has 0 unspecified atom stereocenters. The number of hydrogen-bond acceptors (Lipinski definition) is 7. The molecule has 0 bridgehead atoms. The van der Waals surface area contributed by atoms with Crippen LogP contribution in [0.25, 0.3) is 10.4 Å². The van der Waals surface area contributed by atoms with E-state index in [-0.39, 0.29) is 12.1 Å². The number of ether oxygens (including phenoxy) is 2. The van der Waals surface area contributed by atoms with Crippen LogP contribution in [-0.2, 0) is 16.0 Å². The van der Waals surface area contributed by atoms with E-state index in [0.29, 0.717) is 17.7 Å². The molecular formula is C20H16F5N5O6. The summed E-state index contributed by atoms with van der Waals surface area (Å²) in [7, 11) is 1.05. The topological polar surface area (TPSA) is 157 Å². The Morgan fingerprint density at radius 3 is 2.33 bits per heavy atom. The van der Waals surface area contributed by atoms with Crippen LogP contribution < -0.4 is 10.1 Å². The number of hydrogen-bond donors (Lipinski definition) is 1. The lowest BCUT2D eigenvalue weighted by Crippen LogP contribution is -2.43. The van der Waals surface area contributed by atoms with E-state index in [1.807, 2.05) is 0 Å². The Bertz CT molecular complexity index is 1180. The predicted octanol–water partition coefficient (Wildman–Crippen LogP) is 4.63. The number of nitro groups is 1. The van der Waals surface area contributed by atoms with Gasteiger partial charge in [-0.3, -0.25) is 14.9 Å². The van der Waals surface area contributed by atoms with Crippen molar-refractivity contribution in [3.05, 3.63) is 74.1 Å². The number of alkyl halides is 5. The maximum atomic E-state index is 13.2. The van der Waals surface area contributed by atoms with Crippen molar-refractivity contribution in [3.8, 4) is 5.75 Å². The van der Waals surface area contributed by atoms with E-state index in [0.717, 1.165) is 13.2 Å². The summed E-state index contributed by atoms with van der Waals surface area (Å²) in [5.41, 5.74) is 7.83. The highest BCUT2D eigenvalue weighted by Crippen LogP contribution is 2.37. The number of rotatable bonds is 10. The van der Waals surface area contributed by atoms with Crippen molar-refractivity contribution in [1.82, 2.24) is 5.32 Å². The van der Waals surface area contributed by atoms with Gasteiger partial charge in [0.25, 0.3) is 5.91 Å². The van der Waals surface area contributed by atoms with Crippen LogP contribution in [0.3, 0.4) is 0 Å². The van der Waals surface area contributed by atoms with E-state index in [4.69, 9.17) is 5.53 Å². The molecule has 0 aromatic heterocycles.